The average Bonchev–Trinajstić information content (AvgIpc) is 3.14. The van der Waals surface area contributed by atoms with Gasteiger partial charge in [-0.25, -0.2) is 13.8 Å². The van der Waals surface area contributed by atoms with Gasteiger partial charge in [-0.1, -0.05) is 12.1 Å². The second-order valence-corrected chi connectivity index (χ2v) is 9.67. The first-order valence-electron chi connectivity index (χ1n) is 8.53. The van der Waals surface area contributed by atoms with Gasteiger partial charge in [-0.2, -0.15) is 0 Å². The van der Waals surface area contributed by atoms with E-state index in [1.165, 1.54) is 4.31 Å². The van der Waals surface area contributed by atoms with Crippen LogP contribution in [0.2, 0.25) is 0 Å². The van der Waals surface area contributed by atoms with Gasteiger partial charge in [0.1, 0.15) is 4.90 Å². The zero-order valence-electron chi connectivity index (χ0n) is 15.0. The van der Waals surface area contributed by atoms with Gasteiger partial charge >= 0.3 is 0 Å². The first-order valence-corrected chi connectivity index (χ1v) is 10.8. The Morgan fingerprint density at radius 1 is 1.24 bits per heavy atom. The molecule has 2 N–H and O–H groups in total. The lowest BCUT2D eigenvalue weighted by molar-refractivity contribution is 0.564. The predicted molar refractivity (Wildman–Crippen MR) is 104 cm³/mol. The predicted octanol–water partition coefficient (Wildman–Crippen LogP) is 3.51. The van der Waals surface area contributed by atoms with Crippen molar-refractivity contribution in [2.75, 3.05) is 10.8 Å². The largest absolute Gasteiger partial charge is 0.267 e. The van der Waals surface area contributed by atoms with Gasteiger partial charge in [0.25, 0.3) is 10.0 Å². The minimum atomic E-state index is -3.58. The minimum absolute atomic E-state index is 0.164. The Morgan fingerprint density at radius 3 is 2.60 bits per heavy atom. The number of anilines is 1. The number of benzene rings is 1. The monoisotopic (exact) mass is 379 g/mol. The number of nitrogens with zero attached hydrogens (tertiary/aromatic N) is 1. The molecule has 1 aliphatic heterocycles. The average molecular weight is 380 g/mol. The van der Waals surface area contributed by atoms with E-state index in [0.29, 0.717) is 23.2 Å². The van der Waals surface area contributed by atoms with Gasteiger partial charge < -0.3 is 0 Å². The van der Waals surface area contributed by atoms with Crippen LogP contribution in [0.25, 0.3) is 0 Å². The van der Waals surface area contributed by atoms with Crippen molar-refractivity contribution in [2.45, 2.75) is 51.1 Å². The molecule has 2 heterocycles. The van der Waals surface area contributed by atoms with Gasteiger partial charge in [0, 0.05) is 22.3 Å². The first-order chi connectivity index (χ1) is 11.8. The molecule has 0 aliphatic carbocycles. The summed E-state index contributed by atoms with van der Waals surface area (Å²) in [5.74, 6) is 0. The van der Waals surface area contributed by atoms with Gasteiger partial charge in [0.15, 0.2) is 0 Å². The molecule has 2 unspecified atom stereocenters. The van der Waals surface area contributed by atoms with Crippen molar-refractivity contribution >= 4 is 27.0 Å². The zero-order chi connectivity index (χ0) is 18.2. The zero-order valence-corrected chi connectivity index (χ0v) is 16.7. The Hall–Kier alpha value is -1.41. The quantitative estimate of drug-likeness (QED) is 0.835. The van der Waals surface area contributed by atoms with E-state index in [1.54, 1.807) is 11.3 Å². The van der Waals surface area contributed by atoms with Crippen LogP contribution in [0.3, 0.4) is 0 Å². The molecule has 25 heavy (non-hydrogen) atoms. The van der Waals surface area contributed by atoms with E-state index < -0.39 is 10.0 Å². The molecule has 1 aromatic carbocycles. The maximum atomic E-state index is 13.3. The van der Waals surface area contributed by atoms with Crippen LogP contribution in [0.15, 0.2) is 35.2 Å². The molecule has 0 saturated carbocycles. The lowest BCUT2D eigenvalue weighted by atomic mass is 10.1. The standard InChI is InChI=1S/C18H25N3O2S2/c1-5-21(15-8-6-7-12(2)9-15)25(22,23)18-11-17(24-14(18)4)16-10-13(3)19-20-16/h6-9,11,13,16,19-20H,5,10H2,1-4H3. The number of hydrogen-bond donors (Lipinski definition) is 2. The fraction of sp³-hybridized carbons (Fsp3) is 0.444. The van der Waals surface area contributed by atoms with Crippen molar-refractivity contribution in [3.05, 3.63) is 45.6 Å². The number of thiophene rings is 1. The summed E-state index contributed by atoms with van der Waals surface area (Å²) in [6, 6.07) is 10.0. The number of sulfonamides is 1. The van der Waals surface area contributed by atoms with E-state index in [4.69, 9.17) is 0 Å². The second kappa shape index (κ2) is 7.07. The van der Waals surface area contributed by atoms with E-state index in [1.807, 2.05) is 51.1 Å². The van der Waals surface area contributed by atoms with Gasteiger partial charge in [0.05, 0.1) is 11.7 Å². The molecule has 2 aromatic rings. The maximum absolute atomic E-state index is 13.3. The van der Waals surface area contributed by atoms with Crippen LogP contribution in [0.4, 0.5) is 5.69 Å². The summed E-state index contributed by atoms with van der Waals surface area (Å²) >= 11 is 1.56. The Kier molecular flexibility index (Phi) is 5.20. The lowest BCUT2D eigenvalue weighted by Crippen LogP contribution is -2.31. The Labute approximate surface area is 154 Å². The summed E-state index contributed by atoms with van der Waals surface area (Å²) in [5, 5.41) is 0. The Morgan fingerprint density at radius 2 is 2.00 bits per heavy atom. The molecule has 0 bridgehead atoms. The Bertz CT molecular complexity index is 861. The molecule has 3 rings (SSSR count). The summed E-state index contributed by atoms with van der Waals surface area (Å²) in [6.45, 7) is 8.24. The molecule has 0 amide bonds. The number of rotatable bonds is 5. The highest BCUT2D eigenvalue weighted by Crippen LogP contribution is 2.35. The molecule has 7 heteroatoms. The van der Waals surface area contributed by atoms with Gasteiger partial charge in [-0.05, 0) is 57.9 Å². The molecular weight excluding hydrogens is 354 g/mol. The summed E-state index contributed by atoms with van der Waals surface area (Å²) in [5.41, 5.74) is 8.20. The van der Waals surface area contributed by atoms with Crippen LogP contribution >= 0.6 is 11.3 Å². The van der Waals surface area contributed by atoms with Gasteiger partial charge in [-0.3, -0.25) is 9.73 Å². The summed E-state index contributed by atoms with van der Waals surface area (Å²) in [7, 11) is -3.58. The van der Waals surface area contributed by atoms with Crippen LogP contribution in [-0.2, 0) is 10.0 Å². The number of hydrogen-bond acceptors (Lipinski definition) is 5. The lowest BCUT2D eigenvalue weighted by Gasteiger charge is -2.23. The smallest absolute Gasteiger partial charge is 0.265 e. The fourth-order valence-electron chi connectivity index (χ4n) is 3.21. The van der Waals surface area contributed by atoms with Crippen LogP contribution in [0, 0.1) is 13.8 Å². The fourth-order valence-corrected chi connectivity index (χ4v) is 6.32. The number of nitrogens with one attached hydrogen (secondary N) is 2. The molecule has 2 atom stereocenters. The highest BCUT2D eigenvalue weighted by molar-refractivity contribution is 7.93. The third kappa shape index (κ3) is 3.60. The maximum Gasteiger partial charge on any atom is 0.265 e. The second-order valence-electron chi connectivity index (χ2n) is 6.56. The highest BCUT2D eigenvalue weighted by Gasteiger charge is 2.30. The van der Waals surface area contributed by atoms with Crippen molar-refractivity contribution in [3.8, 4) is 0 Å². The van der Waals surface area contributed by atoms with Crippen LogP contribution in [0.5, 0.6) is 0 Å². The van der Waals surface area contributed by atoms with Crippen LogP contribution in [-0.4, -0.2) is 21.0 Å². The molecule has 136 valence electrons. The molecule has 1 aromatic heterocycles. The van der Waals surface area contributed by atoms with Crippen molar-refractivity contribution < 1.29 is 8.42 Å². The Balaban J connectivity index is 1.97. The minimum Gasteiger partial charge on any atom is -0.267 e. The van der Waals surface area contributed by atoms with E-state index in [0.717, 1.165) is 21.7 Å². The molecule has 0 spiro atoms. The van der Waals surface area contributed by atoms with E-state index in [2.05, 4.69) is 17.8 Å². The van der Waals surface area contributed by atoms with E-state index in [9.17, 15) is 8.42 Å². The van der Waals surface area contributed by atoms with Crippen LogP contribution in [0.1, 0.15) is 41.6 Å². The van der Waals surface area contributed by atoms with Crippen molar-refractivity contribution in [1.29, 1.82) is 0 Å². The van der Waals surface area contributed by atoms with Crippen molar-refractivity contribution in [3.63, 3.8) is 0 Å². The number of hydrazine groups is 1. The third-order valence-electron chi connectivity index (χ3n) is 4.47. The third-order valence-corrected chi connectivity index (χ3v) is 7.80. The summed E-state index contributed by atoms with van der Waals surface area (Å²) in [6.07, 6.45) is 0.953. The molecule has 1 fully saturated rings. The highest BCUT2D eigenvalue weighted by atomic mass is 32.2. The summed E-state index contributed by atoms with van der Waals surface area (Å²) < 4.78 is 28.1. The molecule has 5 nitrogen and oxygen atoms in total. The molecule has 0 radical (unpaired) electrons. The molecule has 1 saturated heterocycles. The van der Waals surface area contributed by atoms with E-state index >= 15 is 0 Å². The van der Waals surface area contributed by atoms with E-state index in [-0.39, 0.29) is 6.04 Å². The molecular formula is C18H25N3O2S2. The topological polar surface area (TPSA) is 61.4 Å². The molecule has 1 aliphatic rings. The number of aryl methyl sites for hydroxylation is 2. The summed E-state index contributed by atoms with van der Waals surface area (Å²) in [4.78, 5) is 2.31. The normalized spacial score (nSPS) is 20.8. The SMILES string of the molecule is CCN(c1cccc(C)c1)S(=O)(=O)c1cc(C2CC(C)NN2)sc1C. The van der Waals surface area contributed by atoms with Gasteiger partial charge in [-0.15, -0.1) is 11.3 Å². The van der Waals surface area contributed by atoms with Gasteiger partial charge in [0.2, 0.25) is 0 Å². The van der Waals surface area contributed by atoms with Crippen molar-refractivity contribution in [2.24, 2.45) is 0 Å². The van der Waals surface area contributed by atoms with Crippen molar-refractivity contribution in [1.82, 2.24) is 10.9 Å². The van der Waals surface area contributed by atoms with Crippen LogP contribution < -0.4 is 15.2 Å². The first kappa shape index (κ1) is 18.4.